The highest BCUT2D eigenvalue weighted by molar-refractivity contribution is 7.98. The quantitative estimate of drug-likeness (QED) is 0.591. The third-order valence-corrected chi connectivity index (χ3v) is 6.53. The lowest BCUT2D eigenvalue weighted by molar-refractivity contribution is 0.391. The first kappa shape index (κ1) is 16.3. The van der Waals surface area contributed by atoms with Gasteiger partial charge in [-0.05, 0) is 43.6 Å². The van der Waals surface area contributed by atoms with Gasteiger partial charge in [-0.1, -0.05) is 23.0 Å². The Kier molecular flexibility index (Phi) is 4.41. The molecule has 3 aromatic heterocycles. The Labute approximate surface area is 159 Å². The molecule has 4 heterocycles. The molecule has 2 aliphatic rings. The van der Waals surface area contributed by atoms with E-state index in [0.717, 1.165) is 29.1 Å². The Bertz CT molecular complexity index is 864. The maximum atomic E-state index is 5.41. The minimum absolute atomic E-state index is 0.550. The summed E-state index contributed by atoms with van der Waals surface area (Å²) >= 11 is 3.25. The van der Waals surface area contributed by atoms with Crippen molar-refractivity contribution in [2.24, 2.45) is 0 Å². The van der Waals surface area contributed by atoms with Gasteiger partial charge in [0.15, 0.2) is 5.16 Å². The third-order valence-electron chi connectivity index (χ3n) is 4.73. The molecule has 0 radical (unpaired) electrons. The van der Waals surface area contributed by atoms with E-state index < -0.39 is 0 Å². The number of thiophene rings is 1. The molecule has 26 heavy (non-hydrogen) atoms. The van der Waals surface area contributed by atoms with Gasteiger partial charge in [0.05, 0.1) is 10.6 Å². The third kappa shape index (κ3) is 3.25. The average Bonchev–Trinajstić information content (AvgIpc) is 3.10. The van der Waals surface area contributed by atoms with Gasteiger partial charge in [0.1, 0.15) is 0 Å². The predicted octanol–water partition coefficient (Wildman–Crippen LogP) is 4.01. The smallest absolute Gasteiger partial charge is 0.237 e. The van der Waals surface area contributed by atoms with Crippen LogP contribution in [0.4, 0.5) is 5.95 Å². The van der Waals surface area contributed by atoms with E-state index >= 15 is 0 Å². The van der Waals surface area contributed by atoms with Crippen molar-refractivity contribution in [3.05, 3.63) is 23.4 Å². The molecule has 0 N–H and O–H groups in total. The standard InChI is InChI=1S/C17H20N6OS2/c1-2-8-22(9-3-1)16-19-20-17(23(16)12-6-7-12)26-11-14-18-15(21-24-14)13-5-4-10-25-13/h4-5,10,12H,1-3,6-9,11H2. The molecule has 1 saturated carbocycles. The summed E-state index contributed by atoms with van der Waals surface area (Å²) in [5.74, 6) is 2.94. The summed E-state index contributed by atoms with van der Waals surface area (Å²) in [5.41, 5.74) is 0. The fourth-order valence-corrected chi connectivity index (χ4v) is 4.76. The number of piperidine rings is 1. The maximum absolute atomic E-state index is 5.41. The molecule has 1 aliphatic carbocycles. The zero-order valence-electron chi connectivity index (χ0n) is 14.4. The van der Waals surface area contributed by atoms with Gasteiger partial charge < -0.3 is 9.42 Å². The second kappa shape index (κ2) is 7.03. The molecule has 2 fully saturated rings. The maximum Gasteiger partial charge on any atom is 0.237 e. The van der Waals surface area contributed by atoms with Gasteiger partial charge in [-0.3, -0.25) is 4.57 Å². The van der Waals surface area contributed by atoms with Gasteiger partial charge in [0.2, 0.25) is 17.7 Å². The van der Waals surface area contributed by atoms with E-state index in [1.807, 2.05) is 17.5 Å². The van der Waals surface area contributed by atoms with Crippen LogP contribution in [-0.2, 0) is 5.75 Å². The van der Waals surface area contributed by atoms with Crippen molar-refractivity contribution in [2.45, 2.75) is 49.1 Å². The van der Waals surface area contributed by atoms with Gasteiger partial charge in [-0.2, -0.15) is 4.98 Å². The van der Waals surface area contributed by atoms with Crippen LogP contribution in [0.15, 0.2) is 27.2 Å². The summed E-state index contributed by atoms with van der Waals surface area (Å²) in [6, 6.07) is 4.54. The molecule has 1 saturated heterocycles. The van der Waals surface area contributed by atoms with Crippen LogP contribution in [0.2, 0.25) is 0 Å². The van der Waals surface area contributed by atoms with E-state index in [9.17, 15) is 0 Å². The van der Waals surface area contributed by atoms with Gasteiger partial charge in [-0.25, -0.2) is 0 Å². The monoisotopic (exact) mass is 388 g/mol. The molecule has 0 aromatic carbocycles. The van der Waals surface area contributed by atoms with Crippen LogP contribution in [-0.4, -0.2) is 38.0 Å². The van der Waals surface area contributed by atoms with E-state index in [1.54, 1.807) is 23.1 Å². The summed E-state index contributed by atoms with van der Waals surface area (Å²) in [6.45, 7) is 2.17. The lowest BCUT2D eigenvalue weighted by atomic mass is 10.1. The van der Waals surface area contributed by atoms with Gasteiger partial charge in [0, 0.05) is 19.1 Å². The summed E-state index contributed by atoms with van der Waals surface area (Å²) < 4.78 is 7.73. The van der Waals surface area contributed by atoms with Gasteiger partial charge in [0.25, 0.3) is 0 Å². The Morgan fingerprint density at radius 2 is 2.08 bits per heavy atom. The molecule has 1 aliphatic heterocycles. The number of hydrogen-bond acceptors (Lipinski definition) is 8. The van der Waals surface area contributed by atoms with Crippen molar-refractivity contribution in [1.29, 1.82) is 0 Å². The largest absolute Gasteiger partial charge is 0.341 e. The Balaban J connectivity index is 1.32. The van der Waals surface area contributed by atoms with Crippen LogP contribution in [0.3, 0.4) is 0 Å². The Hall–Kier alpha value is -1.87. The van der Waals surface area contributed by atoms with Crippen LogP contribution >= 0.6 is 23.1 Å². The van der Waals surface area contributed by atoms with E-state index in [2.05, 4.69) is 29.8 Å². The van der Waals surface area contributed by atoms with Crippen molar-refractivity contribution in [2.75, 3.05) is 18.0 Å². The normalized spacial score (nSPS) is 17.8. The fourth-order valence-electron chi connectivity index (χ4n) is 3.28. The topological polar surface area (TPSA) is 72.9 Å². The lowest BCUT2D eigenvalue weighted by Gasteiger charge is -2.27. The lowest BCUT2D eigenvalue weighted by Crippen LogP contribution is -2.31. The molecular formula is C17H20N6OS2. The highest BCUT2D eigenvalue weighted by atomic mass is 32.2. The number of thioether (sulfide) groups is 1. The molecule has 136 valence electrons. The zero-order chi connectivity index (χ0) is 17.3. The van der Waals surface area contributed by atoms with Crippen LogP contribution in [0.5, 0.6) is 0 Å². The molecule has 9 heteroatoms. The molecular weight excluding hydrogens is 368 g/mol. The summed E-state index contributed by atoms with van der Waals surface area (Å²) in [7, 11) is 0. The Morgan fingerprint density at radius 3 is 2.85 bits per heavy atom. The van der Waals surface area contributed by atoms with Crippen LogP contribution < -0.4 is 4.90 Å². The fraction of sp³-hybridized carbons (Fsp3) is 0.529. The zero-order valence-corrected chi connectivity index (χ0v) is 16.0. The molecule has 5 rings (SSSR count). The molecule has 0 unspecified atom stereocenters. The van der Waals surface area contributed by atoms with Crippen molar-refractivity contribution >= 4 is 29.0 Å². The first-order chi connectivity index (χ1) is 12.9. The van der Waals surface area contributed by atoms with Gasteiger partial charge >= 0.3 is 0 Å². The number of rotatable bonds is 6. The molecule has 3 aromatic rings. The second-order valence-electron chi connectivity index (χ2n) is 6.71. The van der Waals surface area contributed by atoms with E-state index in [-0.39, 0.29) is 0 Å². The second-order valence-corrected chi connectivity index (χ2v) is 8.60. The van der Waals surface area contributed by atoms with Crippen LogP contribution in [0.1, 0.15) is 44.0 Å². The van der Waals surface area contributed by atoms with E-state index in [4.69, 9.17) is 4.52 Å². The number of hydrogen-bond donors (Lipinski definition) is 0. The minimum atomic E-state index is 0.550. The first-order valence-electron chi connectivity index (χ1n) is 9.07. The van der Waals surface area contributed by atoms with E-state index in [0.29, 0.717) is 23.5 Å². The summed E-state index contributed by atoms with van der Waals surface area (Å²) in [5, 5.41) is 16.0. The van der Waals surface area contributed by atoms with Crippen molar-refractivity contribution in [3.8, 4) is 10.7 Å². The highest BCUT2D eigenvalue weighted by Crippen LogP contribution is 2.41. The highest BCUT2D eigenvalue weighted by Gasteiger charge is 2.32. The first-order valence-corrected chi connectivity index (χ1v) is 10.9. The SMILES string of the molecule is c1csc(-c2noc(CSc3nnc(N4CCCCC4)n3C3CC3)n2)c1. The van der Waals surface area contributed by atoms with Crippen LogP contribution in [0.25, 0.3) is 10.7 Å². The minimum Gasteiger partial charge on any atom is -0.341 e. The van der Waals surface area contributed by atoms with Crippen molar-refractivity contribution in [3.63, 3.8) is 0 Å². The van der Waals surface area contributed by atoms with Crippen LogP contribution in [0, 0.1) is 0 Å². The Morgan fingerprint density at radius 1 is 1.19 bits per heavy atom. The van der Waals surface area contributed by atoms with Crippen molar-refractivity contribution in [1.82, 2.24) is 24.9 Å². The average molecular weight is 389 g/mol. The summed E-state index contributed by atoms with van der Waals surface area (Å²) in [6.07, 6.45) is 6.24. The van der Waals surface area contributed by atoms with Crippen molar-refractivity contribution < 1.29 is 4.52 Å². The predicted molar refractivity (Wildman–Crippen MR) is 102 cm³/mol. The van der Waals surface area contributed by atoms with E-state index in [1.165, 1.54) is 32.1 Å². The number of nitrogens with zero attached hydrogens (tertiary/aromatic N) is 6. The number of aromatic nitrogens is 5. The number of anilines is 1. The van der Waals surface area contributed by atoms with Gasteiger partial charge in [-0.15, -0.1) is 21.5 Å². The molecule has 0 bridgehead atoms. The summed E-state index contributed by atoms with van der Waals surface area (Å²) in [4.78, 5) is 7.91. The molecule has 7 nitrogen and oxygen atoms in total. The molecule has 0 spiro atoms. The molecule has 0 atom stereocenters. The molecule has 0 amide bonds.